The number of anilines is 1. The van der Waals surface area contributed by atoms with Crippen molar-refractivity contribution >= 4 is 11.9 Å². The molecule has 10 heteroatoms. The lowest BCUT2D eigenvalue weighted by Crippen LogP contribution is -2.33. The molecule has 24 heavy (non-hydrogen) atoms. The summed E-state index contributed by atoms with van der Waals surface area (Å²) in [5.74, 6) is -1.21. The smallest absolute Gasteiger partial charge is 0.428 e. The highest BCUT2D eigenvalue weighted by molar-refractivity contribution is 6.03. The maximum Gasteiger partial charge on any atom is 0.461 e. The number of benzene rings is 1. The van der Waals surface area contributed by atoms with Gasteiger partial charge in [0.05, 0.1) is 0 Å². The number of hydrogen-bond donors (Lipinski definition) is 1. The lowest BCUT2D eigenvalue weighted by atomic mass is 10.2. The van der Waals surface area contributed by atoms with Crippen molar-refractivity contribution in [3.63, 3.8) is 0 Å². The predicted octanol–water partition coefficient (Wildman–Crippen LogP) is 2.27. The fourth-order valence-corrected chi connectivity index (χ4v) is 1.64. The highest BCUT2D eigenvalue weighted by Gasteiger charge is 2.43. The van der Waals surface area contributed by atoms with Gasteiger partial charge in [-0.15, -0.1) is 0 Å². The van der Waals surface area contributed by atoms with E-state index in [4.69, 9.17) is 0 Å². The van der Waals surface area contributed by atoms with E-state index < -0.39 is 29.7 Å². The van der Waals surface area contributed by atoms with Crippen molar-refractivity contribution in [3.8, 4) is 5.75 Å². The summed E-state index contributed by atoms with van der Waals surface area (Å²) in [6.07, 6.45) is -7.40. The van der Waals surface area contributed by atoms with Gasteiger partial charge in [-0.05, 0) is 24.3 Å². The fourth-order valence-electron chi connectivity index (χ4n) is 1.64. The third-order valence-electron chi connectivity index (χ3n) is 2.91. The monoisotopic (exact) mass is 345 g/mol. The third kappa shape index (κ3) is 3.89. The van der Waals surface area contributed by atoms with Crippen LogP contribution in [0.3, 0.4) is 0 Å². The number of amides is 1. The number of aromatic nitrogens is 2. The zero-order chi connectivity index (χ0) is 17.9. The van der Waals surface area contributed by atoms with E-state index in [0.717, 1.165) is 28.8 Å². The van der Waals surface area contributed by atoms with Gasteiger partial charge in [0.2, 0.25) is 5.95 Å². The van der Waals surface area contributed by atoms with Gasteiger partial charge in [0, 0.05) is 24.9 Å². The first kappa shape index (κ1) is 17.4. The molecule has 1 aromatic heterocycles. The lowest BCUT2D eigenvalue weighted by molar-refractivity contribution is -0.253. The first-order valence-corrected chi connectivity index (χ1v) is 6.49. The van der Waals surface area contributed by atoms with Crippen LogP contribution >= 0.6 is 0 Å². The Bertz CT molecular complexity index is 791. The average Bonchev–Trinajstić information content (AvgIpc) is 2.52. The first-order valence-electron chi connectivity index (χ1n) is 6.49. The summed E-state index contributed by atoms with van der Waals surface area (Å²) in [4.78, 5) is 27.2. The molecule has 0 aliphatic carbocycles. The van der Waals surface area contributed by atoms with Gasteiger partial charge in [-0.25, -0.2) is 4.98 Å². The Labute approximate surface area is 132 Å². The zero-order valence-electron chi connectivity index (χ0n) is 12.2. The molecule has 2 rings (SSSR count). The summed E-state index contributed by atoms with van der Waals surface area (Å²) in [7, 11) is 1.40. The van der Waals surface area contributed by atoms with Crippen molar-refractivity contribution < 1.29 is 27.1 Å². The largest absolute Gasteiger partial charge is 0.461 e. The Kier molecular flexibility index (Phi) is 4.86. The van der Waals surface area contributed by atoms with Crippen molar-refractivity contribution in [2.45, 2.75) is 12.5 Å². The quantitative estimate of drug-likeness (QED) is 0.844. The second-order valence-electron chi connectivity index (χ2n) is 4.61. The van der Waals surface area contributed by atoms with E-state index in [1.807, 2.05) is 0 Å². The minimum Gasteiger partial charge on any atom is -0.428 e. The summed E-state index contributed by atoms with van der Waals surface area (Å²) in [6.45, 7) is 0. The van der Waals surface area contributed by atoms with E-state index >= 15 is 0 Å². The molecule has 128 valence electrons. The highest BCUT2D eigenvalue weighted by Crippen LogP contribution is 2.27. The highest BCUT2D eigenvalue weighted by atomic mass is 19.3. The van der Waals surface area contributed by atoms with E-state index in [-0.39, 0.29) is 11.5 Å². The molecule has 0 aliphatic rings. The standard InChI is InChI=1S/C14H11F4N3O3/c1-21-10(22)6-7-19-13(21)20-11(23)8-2-4-9(5-3-8)24-14(17,18)12(15)16/h2-7,12H,1H3,(H,19,20,23). The number of alkyl halides is 4. The number of ether oxygens (including phenoxy) is 1. The molecule has 1 amide bonds. The zero-order valence-corrected chi connectivity index (χ0v) is 12.2. The van der Waals surface area contributed by atoms with Crippen molar-refractivity contribution in [1.82, 2.24) is 9.55 Å². The molecule has 2 aromatic rings. The summed E-state index contributed by atoms with van der Waals surface area (Å²) >= 11 is 0. The number of nitrogens with one attached hydrogen (secondary N) is 1. The SMILES string of the molecule is Cn1c(NC(=O)c2ccc(OC(F)(F)C(F)F)cc2)nccc1=O. The molecule has 0 spiro atoms. The minimum absolute atomic E-state index is 0.0166. The molecule has 0 atom stereocenters. The van der Waals surface area contributed by atoms with Crippen LogP contribution in [-0.2, 0) is 7.05 Å². The average molecular weight is 345 g/mol. The van der Waals surface area contributed by atoms with Crippen LogP contribution in [0.2, 0.25) is 0 Å². The first-order chi connectivity index (χ1) is 11.2. The number of carbonyl (C=O) groups is 1. The predicted molar refractivity (Wildman–Crippen MR) is 75.5 cm³/mol. The topological polar surface area (TPSA) is 73.2 Å². The van der Waals surface area contributed by atoms with Crippen molar-refractivity contribution in [1.29, 1.82) is 0 Å². The van der Waals surface area contributed by atoms with Gasteiger partial charge in [-0.3, -0.25) is 19.5 Å². The van der Waals surface area contributed by atoms with Gasteiger partial charge >= 0.3 is 12.5 Å². The normalized spacial score (nSPS) is 11.4. The third-order valence-corrected chi connectivity index (χ3v) is 2.91. The van der Waals surface area contributed by atoms with Crippen LogP contribution in [0.1, 0.15) is 10.4 Å². The fraction of sp³-hybridized carbons (Fsp3) is 0.214. The number of hydrogen-bond acceptors (Lipinski definition) is 4. The Morgan fingerprint density at radius 2 is 1.88 bits per heavy atom. The molecule has 0 unspecified atom stereocenters. The molecule has 0 saturated carbocycles. The molecular formula is C14H11F4N3O3. The number of halogens is 4. The van der Waals surface area contributed by atoms with Gasteiger partial charge in [-0.2, -0.15) is 17.6 Å². The Balaban J connectivity index is 2.12. The summed E-state index contributed by atoms with van der Waals surface area (Å²) in [5.41, 5.74) is -0.362. The van der Waals surface area contributed by atoms with Crippen molar-refractivity contribution in [2.24, 2.45) is 7.05 Å². The van der Waals surface area contributed by atoms with Gasteiger partial charge in [-0.1, -0.05) is 0 Å². The summed E-state index contributed by atoms with van der Waals surface area (Å²) < 4.78 is 54.6. The van der Waals surface area contributed by atoms with Crippen molar-refractivity contribution in [3.05, 3.63) is 52.4 Å². The van der Waals surface area contributed by atoms with E-state index in [9.17, 15) is 27.2 Å². The second-order valence-corrected chi connectivity index (χ2v) is 4.61. The van der Waals surface area contributed by atoms with E-state index in [0.29, 0.717) is 0 Å². The van der Waals surface area contributed by atoms with Gasteiger partial charge in [0.25, 0.3) is 11.5 Å². The van der Waals surface area contributed by atoms with Crippen LogP contribution in [0.5, 0.6) is 5.75 Å². The summed E-state index contributed by atoms with van der Waals surface area (Å²) in [6, 6.07) is 5.30. The van der Waals surface area contributed by atoms with Crippen LogP contribution < -0.4 is 15.6 Å². The van der Waals surface area contributed by atoms with Gasteiger partial charge in [0.1, 0.15) is 5.75 Å². The second kappa shape index (κ2) is 6.69. The number of carbonyl (C=O) groups excluding carboxylic acids is 1. The van der Waals surface area contributed by atoms with E-state index in [1.165, 1.54) is 19.3 Å². The van der Waals surface area contributed by atoms with Crippen LogP contribution in [-0.4, -0.2) is 28.0 Å². The van der Waals surface area contributed by atoms with Crippen LogP contribution in [0.15, 0.2) is 41.3 Å². The maximum absolute atomic E-state index is 12.8. The van der Waals surface area contributed by atoms with E-state index in [1.54, 1.807) is 0 Å². The van der Waals surface area contributed by atoms with Gasteiger partial charge in [0.15, 0.2) is 0 Å². The van der Waals surface area contributed by atoms with Gasteiger partial charge < -0.3 is 4.74 Å². The molecule has 0 bridgehead atoms. The molecule has 6 nitrogen and oxygen atoms in total. The minimum atomic E-state index is -4.63. The van der Waals surface area contributed by atoms with E-state index in [2.05, 4.69) is 15.0 Å². The van der Waals surface area contributed by atoms with Crippen LogP contribution in [0.25, 0.3) is 0 Å². The Morgan fingerprint density at radius 3 is 2.46 bits per heavy atom. The molecule has 1 N–H and O–H groups in total. The molecular weight excluding hydrogens is 334 g/mol. The Hall–Kier alpha value is -2.91. The molecule has 0 fully saturated rings. The van der Waals surface area contributed by atoms with Crippen LogP contribution in [0.4, 0.5) is 23.5 Å². The molecule has 0 radical (unpaired) electrons. The maximum atomic E-state index is 12.8. The molecule has 1 heterocycles. The van der Waals surface area contributed by atoms with Crippen molar-refractivity contribution in [2.75, 3.05) is 5.32 Å². The number of nitrogens with zero attached hydrogens (tertiary/aromatic N) is 2. The summed E-state index contributed by atoms with van der Waals surface area (Å²) in [5, 5.41) is 2.36. The van der Waals surface area contributed by atoms with Crippen LogP contribution in [0, 0.1) is 0 Å². The molecule has 0 aliphatic heterocycles. The number of rotatable bonds is 5. The molecule has 1 aromatic carbocycles. The molecule has 0 saturated heterocycles. The Morgan fingerprint density at radius 1 is 1.25 bits per heavy atom. The lowest BCUT2D eigenvalue weighted by Gasteiger charge is -2.16.